The van der Waals surface area contributed by atoms with Gasteiger partial charge in [0, 0.05) is 24.1 Å². The molecular weight excluding hydrogens is 317 g/mol. The fourth-order valence-electron chi connectivity index (χ4n) is 2.32. The number of rotatable bonds is 4. The molecule has 1 aromatic heterocycles. The SMILES string of the molecule is FC1(F)CC1.O=CNc1ccc(C2CC2)c(-c2ccc(F)cn2)c1. The second-order valence-corrected chi connectivity index (χ2v) is 6.06. The fourth-order valence-corrected chi connectivity index (χ4v) is 2.32. The highest BCUT2D eigenvalue weighted by Crippen LogP contribution is 2.44. The number of hydrogen-bond acceptors (Lipinski definition) is 2. The van der Waals surface area contributed by atoms with Crippen LogP contribution in [0.1, 0.15) is 37.2 Å². The van der Waals surface area contributed by atoms with Gasteiger partial charge < -0.3 is 5.32 Å². The van der Waals surface area contributed by atoms with Crippen LogP contribution < -0.4 is 5.32 Å². The molecule has 1 N–H and O–H groups in total. The lowest BCUT2D eigenvalue weighted by molar-refractivity contribution is -0.105. The van der Waals surface area contributed by atoms with Gasteiger partial charge >= 0.3 is 0 Å². The number of nitrogens with zero attached hydrogens (tertiary/aromatic N) is 1. The van der Waals surface area contributed by atoms with Crippen molar-refractivity contribution in [2.24, 2.45) is 0 Å². The summed E-state index contributed by atoms with van der Waals surface area (Å²) in [6.45, 7) is 0. The molecule has 0 atom stereocenters. The number of benzene rings is 1. The van der Waals surface area contributed by atoms with Crippen LogP contribution in [0, 0.1) is 5.82 Å². The van der Waals surface area contributed by atoms with Crippen molar-refractivity contribution in [3.8, 4) is 11.3 Å². The van der Waals surface area contributed by atoms with E-state index in [0.29, 0.717) is 12.3 Å². The Kier molecular flexibility index (Phi) is 4.55. The third-order valence-corrected chi connectivity index (χ3v) is 3.93. The third kappa shape index (κ3) is 4.34. The predicted octanol–water partition coefficient (Wildman–Crippen LogP) is 4.75. The summed E-state index contributed by atoms with van der Waals surface area (Å²) in [5.74, 6) is -2.04. The van der Waals surface area contributed by atoms with Gasteiger partial charge in [0.15, 0.2) is 0 Å². The molecule has 2 aliphatic carbocycles. The van der Waals surface area contributed by atoms with Crippen molar-refractivity contribution in [2.45, 2.75) is 37.5 Å². The Morgan fingerprint density at radius 2 is 1.88 bits per heavy atom. The van der Waals surface area contributed by atoms with Gasteiger partial charge in [0.05, 0.1) is 11.9 Å². The molecule has 0 bridgehead atoms. The number of halogens is 3. The van der Waals surface area contributed by atoms with Gasteiger partial charge in [-0.25, -0.2) is 13.2 Å². The molecule has 1 aromatic carbocycles. The minimum Gasteiger partial charge on any atom is -0.329 e. The summed E-state index contributed by atoms with van der Waals surface area (Å²) < 4.78 is 35.2. The molecule has 2 saturated carbocycles. The van der Waals surface area contributed by atoms with Gasteiger partial charge in [0.1, 0.15) is 5.82 Å². The number of hydrogen-bond donors (Lipinski definition) is 1. The standard InChI is InChI=1S/C15H13FN2O.C3H4F2/c16-11-3-6-15(17-8-11)14-7-12(18-9-19)4-5-13(14)10-1-2-10;4-3(5)1-2-3/h3-10H,1-2H2,(H,18,19);1-2H2. The molecule has 0 saturated heterocycles. The van der Waals surface area contributed by atoms with Crippen LogP contribution in [-0.4, -0.2) is 17.3 Å². The first-order valence-corrected chi connectivity index (χ1v) is 7.82. The Labute approximate surface area is 137 Å². The Bertz CT molecular complexity index is 722. The molecule has 126 valence electrons. The molecule has 6 heteroatoms. The first kappa shape index (κ1) is 16.5. The Morgan fingerprint density at radius 3 is 2.38 bits per heavy atom. The molecule has 0 radical (unpaired) electrons. The van der Waals surface area contributed by atoms with Gasteiger partial charge in [-0.05, 0) is 48.6 Å². The molecule has 2 fully saturated rings. The van der Waals surface area contributed by atoms with Crippen LogP contribution in [0.25, 0.3) is 11.3 Å². The van der Waals surface area contributed by atoms with E-state index in [1.165, 1.54) is 30.7 Å². The van der Waals surface area contributed by atoms with Crippen LogP contribution in [0.2, 0.25) is 0 Å². The van der Waals surface area contributed by atoms with Crippen molar-refractivity contribution < 1.29 is 18.0 Å². The minimum atomic E-state index is -2.25. The summed E-state index contributed by atoms with van der Waals surface area (Å²) >= 11 is 0. The van der Waals surface area contributed by atoms with E-state index in [4.69, 9.17) is 0 Å². The van der Waals surface area contributed by atoms with E-state index in [-0.39, 0.29) is 18.7 Å². The number of carbonyl (C=O) groups excluding carboxylic acids is 1. The first-order valence-electron chi connectivity index (χ1n) is 7.82. The highest BCUT2D eigenvalue weighted by Gasteiger charge is 2.43. The number of nitrogens with one attached hydrogen (secondary N) is 1. The van der Waals surface area contributed by atoms with Crippen LogP contribution >= 0.6 is 0 Å². The van der Waals surface area contributed by atoms with Gasteiger partial charge in [-0.15, -0.1) is 0 Å². The van der Waals surface area contributed by atoms with E-state index in [2.05, 4.69) is 10.3 Å². The average molecular weight is 334 g/mol. The molecule has 0 spiro atoms. The number of pyridine rings is 1. The maximum Gasteiger partial charge on any atom is 0.248 e. The maximum absolute atomic E-state index is 13.0. The molecule has 1 heterocycles. The quantitative estimate of drug-likeness (QED) is 0.820. The van der Waals surface area contributed by atoms with E-state index >= 15 is 0 Å². The number of aromatic nitrogens is 1. The number of carbonyl (C=O) groups is 1. The third-order valence-electron chi connectivity index (χ3n) is 3.93. The maximum atomic E-state index is 13.0. The number of alkyl halides is 2. The summed E-state index contributed by atoms with van der Waals surface area (Å²) in [6.07, 6.45) is 4.45. The van der Waals surface area contributed by atoms with Gasteiger partial charge in [-0.3, -0.25) is 9.78 Å². The first-order chi connectivity index (χ1) is 11.5. The normalized spacial score (nSPS) is 17.5. The molecular formula is C18H17F3N2O. The Hall–Kier alpha value is -2.37. The van der Waals surface area contributed by atoms with Crippen molar-refractivity contribution in [1.82, 2.24) is 4.98 Å². The zero-order valence-electron chi connectivity index (χ0n) is 12.9. The van der Waals surface area contributed by atoms with Crippen molar-refractivity contribution in [1.29, 1.82) is 0 Å². The molecule has 1 amide bonds. The molecule has 2 aliphatic rings. The second kappa shape index (κ2) is 6.63. The number of amides is 1. The summed E-state index contributed by atoms with van der Waals surface area (Å²) in [4.78, 5) is 14.7. The Morgan fingerprint density at radius 1 is 1.17 bits per heavy atom. The van der Waals surface area contributed by atoms with E-state index in [9.17, 15) is 18.0 Å². The lowest BCUT2D eigenvalue weighted by Crippen LogP contribution is -1.97. The van der Waals surface area contributed by atoms with Gasteiger partial charge in [-0.2, -0.15) is 0 Å². The van der Waals surface area contributed by atoms with E-state index in [1.54, 1.807) is 6.07 Å². The lowest BCUT2D eigenvalue weighted by Gasteiger charge is -2.10. The van der Waals surface area contributed by atoms with Crippen LogP contribution in [0.15, 0.2) is 36.5 Å². The summed E-state index contributed by atoms with van der Waals surface area (Å²) in [7, 11) is 0. The zero-order valence-corrected chi connectivity index (χ0v) is 12.9. The molecule has 2 aromatic rings. The van der Waals surface area contributed by atoms with Crippen molar-refractivity contribution in [2.75, 3.05) is 5.32 Å². The van der Waals surface area contributed by atoms with Crippen molar-refractivity contribution in [3.63, 3.8) is 0 Å². The fraction of sp³-hybridized carbons (Fsp3) is 0.333. The van der Waals surface area contributed by atoms with E-state index < -0.39 is 5.92 Å². The number of anilines is 1. The largest absolute Gasteiger partial charge is 0.329 e. The van der Waals surface area contributed by atoms with Crippen LogP contribution in [0.3, 0.4) is 0 Å². The smallest absolute Gasteiger partial charge is 0.248 e. The van der Waals surface area contributed by atoms with E-state index in [0.717, 1.165) is 16.9 Å². The zero-order chi connectivity index (χ0) is 17.2. The van der Waals surface area contributed by atoms with Crippen LogP contribution in [0.5, 0.6) is 0 Å². The lowest BCUT2D eigenvalue weighted by atomic mass is 9.99. The van der Waals surface area contributed by atoms with Gasteiger partial charge in [0.2, 0.25) is 12.3 Å². The summed E-state index contributed by atoms with van der Waals surface area (Å²) in [6, 6.07) is 8.86. The van der Waals surface area contributed by atoms with E-state index in [1.807, 2.05) is 18.2 Å². The molecule has 0 aliphatic heterocycles. The highest BCUT2D eigenvalue weighted by molar-refractivity contribution is 5.77. The minimum absolute atomic E-state index is 0.118. The highest BCUT2D eigenvalue weighted by atomic mass is 19.3. The summed E-state index contributed by atoms with van der Waals surface area (Å²) in [5, 5.41) is 2.63. The summed E-state index contributed by atoms with van der Waals surface area (Å²) in [5.41, 5.74) is 3.64. The molecule has 3 nitrogen and oxygen atoms in total. The monoisotopic (exact) mass is 334 g/mol. The Balaban J connectivity index is 0.000000290. The second-order valence-electron chi connectivity index (χ2n) is 6.06. The van der Waals surface area contributed by atoms with Gasteiger partial charge in [0.25, 0.3) is 0 Å². The van der Waals surface area contributed by atoms with Crippen LogP contribution in [0.4, 0.5) is 18.9 Å². The molecule has 0 unspecified atom stereocenters. The van der Waals surface area contributed by atoms with Crippen LogP contribution in [-0.2, 0) is 4.79 Å². The van der Waals surface area contributed by atoms with Crippen molar-refractivity contribution in [3.05, 3.63) is 47.9 Å². The average Bonchev–Trinajstić information content (AvgIpc) is 3.48. The molecule has 24 heavy (non-hydrogen) atoms. The van der Waals surface area contributed by atoms with Gasteiger partial charge in [-0.1, -0.05) is 6.07 Å². The molecule has 4 rings (SSSR count). The van der Waals surface area contributed by atoms with Crippen molar-refractivity contribution >= 4 is 12.1 Å². The topological polar surface area (TPSA) is 42.0 Å². The predicted molar refractivity (Wildman–Crippen MR) is 85.5 cm³/mol.